The fourth-order valence-electron chi connectivity index (χ4n) is 2.15. The number of amides is 2. The highest BCUT2D eigenvalue weighted by atomic mass is 16.5. The minimum absolute atomic E-state index is 0.104. The first-order valence-corrected chi connectivity index (χ1v) is 8.16. The largest absolute Gasteiger partial charge is 0.465 e. The summed E-state index contributed by atoms with van der Waals surface area (Å²) in [5.74, 6) is -0.777. The third-order valence-corrected chi connectivity index (χ3v) is 3.29. The zero-order chi connectivity index (χ0) is 19.0. The summed E-state index contributed by atoms with van der Waals surface area (Å²) < 4.78 is 4.63. The molecule has 1 aromatic rings. The lowest BCUT2D eigenvalue weighted by atomic mass is 10.1. The van der Waals surface area contributed by atoms with E-state index in [1.54, 1.807) is 29.2 Å². The Hall–Kier alpha value is -2.41. The lowest BCUT2D eigenvalue weighted by Crippen LogP contribution is -2.47. The van der Waals surface area contributed by atoms with Crippen molar-refractivity contribution in [2.45, 2.75) is 33.2 Å². The molecule has 0 aliphatic carbocycles. The molecule has 0 fully saturated rings. The van der Waals surface area contributed by atoms with Crippen molar-refractivity contribution in [3.63, 3.8) is 0 Å². The van der Waals surface area contributed by atoms with Gasteiger partial charge in [0.15, 0.2) is 0 Å². The SMILES string of the molecule is CCN(CC(=O)Nc1ccc(C(=O)OC)cc1)CC(=O)NC(C)(C)C. The summed E-state index contributed by atoms with van der Waals surface area (Å²) in [4.78, 5) is 37.2. The normalized spacial score (nSPS) is 11.1. The first kappa shape index (κ1) is 20.6. The van der Waals surface area contributed by atoms with Gasteiger partial charge in [0, 0.05) is 11.2 Å². The van der Waals surface area contributed by atoms with Crippen molar-refractivity contribution in [1.29, 1.82) is 0 Å². The zero-order valence-electron chi connectivity index (χ0n) is 15.5. The van der Waals surface area contributed by atoms with Crippen LogP contribution < -0.4 is 10.6 Å². The summed E-state index contributed by atoms with van der Waals surface area (Å²) in [6.45, 7) is 8.45. The molecule has 7 heteroatoms. The Morgan fingerprint density at radius 1 is 1.04 bits per heavy atom. The van der Waals surface area contributed by atoms with Crippen molar-refractivity contribution >= 4 is 23.5 Å². The molecule has 0 saturated heterocycles. The first-order valence-electron chi connectivity index (χ1n) is 8.16. The number of hydrogen-bond donors (Lipinski definition) is 2. The van der Waals surface area contributed by atoms with Crippen LogP contribution in [-0.4, -0.2) is 55.0 Å². The smallest absolute Gasteiger partial charge is 0.337 e. The lowest BCUT2D eigenvalue weighted by molar-refractivity contribution is -0.124. The second-order valence-corrected chi connectivity index (χ2v) is 6.72. The quantitative estimate of drug-likeness (QED) is 0.731. The van der Waals surface area contributed by atoms with E-state index in [9.17, 15) is 14.4 Å². The number of benzene rings is 1. The van der Waals surface area contributed by atoms with Crippen molar-refractivity contribution < 1.29 is 19.1 Å². The highest BCUT2D eigenvalue weighted by Gasteiger charge is 2.17. The molecule has 0 unspecified atom stereocenters. The maximum absolute atomic E-state index is 12.1. The molecule has 0 radical (unpaired) electrons. The van der Waals surface area contributed by atoms with Crippen LogP contribution >= 0.6 is 0 Å². The third kappa shape index (κ3) is 7.80. The van der Waals surface area contributed by atoms with Crippen LogP contribution in [0.1, 0.15) is 38.1 Å². The lowest BCUT2D eigenvalue weighted by Gasteiger charge is -2.24. The van der Waals surface area contributed by atoms with E-state index >= 15 is 0 Å². The fraction of sp³-hybridized carbons (Fsp3) is 0.500. The van der Waals surface area contributed by atoms with Crippen LogP contribution in [0, 0.1) is 0 Å². The van der Waals surface area contributed by atoms with Crippen molar-refractivity contribution in [1.82, 2.24) is 10.2 Å². The first-order chi connectivity index (χ1) is 11.6. The van der Waals surface area contributed by atoms with E-state index in [-0.39, 0.29) is 30.4 Å². The van der Waals surface area contributed by atoms with Crippen LogP contribution in [0.3, 0.4) is 0 Å². The van der Waals surface area contributed by atoms with Crippen molar-refractivity contribution in [2.24, 2.45) is 0 Å². The number of nitrogens with one attached hydrogen (secondary N) is 2. The molecule has 0 atom stereocenters. The summed E-state index contributed by atoms with van der Waals surface area (Å²) in [6, 6.07) is 6.42. The third-order valence-electron chi connectivity index (χ3n) is 3.29. The molecule has 138 valence electrons. The number of esters is 1. The second kappa shape index (κ2) is 9.17. The van der Waals surface area contributed by atoms with Gasteiger partial charge in [-0.2, -0.15) is 0 Å². The summed E-state index contributed by atoms with van der Waals surface area (Å²) >= 11 is 0. The van der Waals surface area contributed by atoms with Crippen LogP contribution in [0.5, 0.6) is 0 Å². The second-order valence-electron chi connectivity index (χ2n) is 6.72. The average Bonchev–Trinajstić information content (AvgIpc) is 2.52. The summed E-state index contributed by atoms with van der Waals surface area (Å²) in [6.07, 6.45) is 0. The number of ether oxygens (including phenoxy) is 1. The Morgan fingerprint density at radius 2 is 1.60 bits per heavy atom. The summed E-state index contributed by atoms with van der Waals surface area (Å²) in [7, 11) is 1.31. The fourth-order valence-corrected chi connectivity index (χ4v) is 2.15. The monoisotopic (exact) mass is 349 g/mol. The number of likely N-dealkylation sites (N-methyl/N-ethyl adjacent to an activating group) is 1. The number of hydrogen-bond acceptors (Lipinski definition) is 5. The minimum Gasteiger partial charge on any atom is -0.465 e. The maximum Gasteiger partial charge on any atom is 0.337 e. The number of methoxy groups -OCH3 is 1. The van der Waals surface area contributed by atoms with Gasteiger partial charge in [-0.1, -0.05) is 6.92 Å². The maximum atomic E-state index is 12.1. The molecule has 1 rings (SSSR count). The van der Waals surface area contributed by atoms with Gasteiger partial charge in [-0.3, -0.25) is 14.5 Å². The molecule has 2 amide bonds. The predicted molar refractivity (Wildman–Crippen MR) is 96.4 cm³/mol. The standard InChI is InChI=1S/C18H27N3O4/c1-6-21(12-16(23)20-18(2,3)4)11-15(22)19-14-9-7-13(8-10-14)17(24)25-5/h7-10H,6,11-12H2,1-5H3,(H,19,22)(H,20,23). The van der Waals surface area contributed by atoms with Gasteiger partial charge in [0.05, 0.1) is 25.8 Å². The Bertz CT molecular complexity index is 606. The number of anilines is 1. The van der Waals surface area contributed by atoms with Gasteiger partial charge in [0.1, 0.15) is 0 Å². The van der Waals surface area contributed by atoms with Gasteiger partial charge in [-0.25, -0.2) is 4.79 Å². The molecule has 0 bridgehead atoms. The van der Waals surface area contributed by atoms with Crippen LogP contribution in [0.25, 0.3) is 0 Å². The molecule has 1 aromatic carbocycles. The van der Waals surface area contributed by atoms with E-state index in [2.05, 4.69) is 15.4 Å². The molecular formula is C18H27N3O4. The molecule has 7 nitrogen and oxygen atoms in total. The Morgan fingerprint density at radius 3 is 2.08 bits per heavy atom. The molecule has 0 heterocycles. The zero-order valence-corrected chi connectivity index (χ0v) is 15.5. The van der Waals surface area contributed by atoms with Crippen LogP contribution in [0.2, 0.25) is 0 Å². The number of carbonyl (C=O) groups is 3. The van der Waals surface area contributed by atoms with E-state index < -0.39 is 5.97 Å². The molecule has 0 saturated carbocycles. The summed E-state index contributed by atoms with van der Waals surface area (Å²) in [5.41, 5.74) is 0.683. The van der Waals surface area contributed by atoms with E-state index in [0.717, 1.165) is 0 Å². The number of rotatable bonds is 7. The van der Waals surface area contributed by atoms with Gasteiger partial charge >= 0.3 is 5.97 Å². The van der Waals surface area contributed by atoms with Crippen molar-refractivity contribution in [3.05, 3.63) is 29.8 Å². The molecule has 2 N–H and O–H groups in total. The molecule has 0 aliphatic rings. The number of nitrogens with zero attached hydrogens (tertiary/aromatic N) is 1. The van der Waals surface area contributed by atoms with Gasteiger partial charge in [0.2, 0.25) is 11.8 Å². The van der Waals surface area contributed by atoms with Crippen LogP contribution in [-0.2, 0) is 14.3 Å². The Labute approximate surface area is 148 Å². The molecule has 25 heavy (non-hydrogen) atoms. The highest BCUT2D eigenvalue weighted by Crippen LogP contribution is 2.10. The average molecular weight is 349 g/mol. The van der Waals surface area contributed by atoms with E-state index in [0.29, 0.717) is 17.8 Å². The Balaban J connectivity index is 2.56. The van der Waals surface area contributed by atoms with E-state index in [1.165, 1.54) is 7.11 Å². The van der Waals surface area contributed by atoms with Crippen LogP contribution in [0.15, 0.2) is 24.3 Å². The van der Waals surface area contributed by atoms with Crippen molar-refractivity contribution in [3.8, 4) is 0 Å². The van der Waals surface area contributed by atoms with Crippen LogP contribution in [0.4, 0.5) is 5.69 Å². The topological polar surface area (TPSA) is 87.7 Å². The van der Waals surface area contributed by atoms with Gasteiger partial charge in [-0.15, -0.1) is 0 Å². The molecule has 0 spiro atoms. The molecule has 0 aliphatic heterocycles. The number of carbonyl (C=O) groups excluding carboxylic acids is 3. The van der Waals surface area contributed by atoms with Gasteiger partial charge in [-0.05, 0) is 51.6 Å². The highest BCUT2D eigenvalue weighted by molar-refractivity contribution is 5.94. The van der Waals surface area contributed by atoms with E-state index in [1.807, 2.05) is 27.7 Å². The Kier molecular flexibility index (Phi) is 7.57. The minimum atomic E-state index is -0.431. The van der Waals surface area contributed by atoms with Gasteiger partial charge < -0.3 is 15.4 Å². The van der Waals surface area contributed by atoms with Gasteiger partial charge in [0.25, 0.3) is 0 Å². The predicted octanol–water partition coefficient (Wildman–Crippen LogP) is 1.65. The summed E-state index contributed by atoms with van der Waals surface area (Å²) in [5, 5.41) is 5.62. The molecular weight excluding hydrogens is 322 g/mol. The molecule has 0 aromatic heterocycles. The van der Waals surface area contributed by atoms with Crippen molar-refractivity contribution in [2.75, 3.05) is 32.1 Å². The van der Waals surface area contributed by atoms with E-state index in [4.69, 9.17) is 0 Å².